The van der Waals surface area contributed by atoms with Crippen molar-refractivity contribution >= 4 is 11.4 Å². The van der Waals surface area contributed by atoms with E-state index in [1.54, 1.807) is 26.3 Å². The van der Waals surface area contributed by atoms with Crippen LogP contribution in [0, 0.1) is 10.1 Å². The van der Waals surface area contributed by atoms with Gasteiger partial charge in [-0.15, -0.1) is 0 Å². The van der Waals surface area contributed by atoms with Crippen molar-refractivity contribution in [3.8, 4) is 0 Å². The summed E-state index contributed by atoms with van der Waals surface area (Å²) in [5, 5.41) is 13.9. The van der Waals surface area contributed by atoms with Crippen molar-refractivity contribution in [1.29, 1.82) is 0 Å². The van der Waals surface area contributed by atoms with Crippen LogP contribution in [0.15, 0.2) is 18.2 Å². The van der Waals surface area contributed by atoms with Crippen LogP contribution in [0.4, 0.5) is 11.4 Å². The van der Waals surface area contributed by atoms with Crippen LogP contribution in [0.5, 0.6) is 0 Å². The van der Waals surface area contributed by atoms with Gasteiger partial charge in [-0.2, -0.15) is 0 Å². The predicted molar refractivity (Wildman–Crippen MR) is 78.0 cm³/mol. The van der Waals surface area contributed by atoms with Gasteiger partial charge < -0.3 is 10.1 Å². The second-order valence-corrected chi connectivity index (χ2v) is 5.07. The molecule has 20 heavy (non-hydrogen) atoms. The number of rotatable bonds is 5. The van der Waals surface area contributed by atoms with Crippen molar-refractivity contribution in [2.45, 2.75) is 25.5 Å². The molecule has 0 spiro atoms. The smallest absolute Gasteiger partial charge is 0.292 e. The number of nitro groups is 1. The molecule has 0 atom stereocenters. The minimum absolute atomic E-state index is 0.136. The maximum atomic E-state index is 11.0. The lowest BCUT2D eigenvalue weighted by Crippen LogP contribution is -2.36. The molecule has 1 N–H and O–H groups in total. The van der Waals surface area contributed by atoms with Gasteiger partial charge in [0.1, 0.15) is 5.69 Å². The van der Waals surface area contributed by atoms with Crippen LogP contribution in [0.1, 0.15) is 18.4 Å². The van der Waals surface area contributed by atoms with Gasteiger partial charge in [-0.1, -0.05) is 6.07 Å². The zero-order valence-corrected chi connectivity index (χ0v) is 12.0. The van der Waals surface area contributed by atoms with Gasteiger partial charge in [0.2, 0.25) is 0 Å². The molecule has 0 radical (unpaired) electrons. The van der Waals surface area contributed by atoms with Crippen molar-refractivity contribution in [3.63, 3.8) is 0 Å². The molecule has 1 aliphatic rings. The number of nitrogens with zero attached hydrogens (tertiary/aromatic N) is 2. The van der Waals surface area contributed by atoms with Crippen molar-refractivity contribution in [3.05, 3.63) is 33.9 Å². The van der Waals surface area contributed by atoms with Crippen LogP contribution in [0.25, 0.3) is 0 Å². The molecule has 0 saturated carbocycles. The van der Waals surface area contributed by atoms with Gasteiger partial charge in [0.05, 0.1) is 11.0 Å². The Morgan fingerprint density at radius 2 is 2.15 bits per heavy atom. The molecule has 6 heteroatoms. The molecule has 0 unspecified atom stereocenters. The number of piperidine rings is 1. The van der Waals surface area contributed by atoms with Gasteiger partial charge in [0.15, 0.2) is 0 Å². The van der Waals surface area contributed by atoms with Crippen molar-refractivity contribution in [2.24, 2.45) is 0 Å². The number of benzene rings is 1. The first-order valence-corrected chi connectivity index (χ1v) is 6.84. The molecular formula is C14H21N3O3. The number of hydrogen-bond acceptors (Lipinski definition) is 5. The van der Waals surface area contributed by atoms with Gasteiger partial charge in [0, 0.05) is 39.9 Å². The number of nitro benzene ring substituents is 1. The molecule has 0 bridgehead atoms. The summed E-state index contributed by atoms with van der Waals surface area (Å²) in [7, 11) is 3.44. The van der Waals surface area contributed by atoms with Crippen molar-refractivity contribution in [1.82, 2.24) is 4.90 Å². The maximum Gasteiger partial charge on any atom is 0.292 e. The number of hydrogen-bond donors (Lipinski definition) is 1. The zero-order chi connectivity index (χ0) is 14.5. The van der Waals surface area contributed by atoms with Gasteiger partial charge in [0.25, 0.3) is 5.69 Å². The monoisotopic (exact) mass is 279 g/mol. The first-order chi connectivity index (χ1) is 9.63. The third-order valence-corrected chi connectivity index (χ3v) is 3.80. The second kappa shape index (κ2) is 6.67. The molecule has 1 heterocycles. The maximum absolute atomic E-state index is 11.0. The van der Waals surface area contributed by atoms with Crippen LogP contribution in [-0.4, -0.2) is 43.2 Å². The highest BCUT2D eigenvalue weighted by molar-refractivity contribution is 5.62. The lowest BCUT2D eigenvalue weighted by atomic mass is 10.1. The summed E-state index contributed by atoms with van der Waals surface area (Å²) in [5.74, 6) is 0. The van der Waals surface area contributed by atoms with E-state index in [2.05, 4.69) is 10.2 Å². The lowest BCUT2D eigenvalue weighted by Gasteiger charge is -2.31. The second-order valence-electron chi connectivity index (χ2n) is 5.07. The Labute approximate surface area is 118 Å². The third kappa shape index (κ3) is 3.46. The number of likely N-dealkylation sites (tertiary alicyclic amines) is 1. The molecule has 1 saturated heterocycles. The molecule has 2 rings (SSSR count). The highest BCUT2D eigenvalue weighted by atomic mass is 16.6. The SMILES string of the molecule is CNc1ccc(CN2CCC(OC)CC2)cc1[N+](=O)[O-]. The Balaban J connectivity index is 2.03. The van der Waals surface area contributed by atoms with Crippen LogP contribution in [0.3, 0.4) is 0 Å². The van der Waals surface area contributed by atoms with Gasteiger partial charge in [-0.25, -0.2) is 0 Å². The molecule has 0 aliphatic carbocycles. The molecule has 1 aromatic carbocycles. The average Bonchev–Trinajstić information content (AvgIpc) is 2.48. The fraction of sp³-hybridized carbons (Fsp3) is 0.571. The van der Waals surface area contributed by atoms with Crippen LogP contribution in [0.2, 0.25) is 0 Å². The normalized spacial score (nSPS) is 17.1. The first kappa shape index (κ1) is 14.7. The Bertz CT molecular complexity index is 471. The highest BCUT2D eigenvalue weighted by Gasteiger charge is 2.20. The topological polar surface area (TPSA) is 67.6 Å². The molecular weight excluding hydrogens is 258 g/mol. The summed E-state index contributed by atoms with van der Waals surface area (Å²) >= 11 is 0. The van der Waals surface area contributed by atoms with Crippen LogP contribution in [-0.2, 0) is 11.3 Å². The molecule has 0 aromatic heterocycles. The number of ether oxygens (including phenoxy) is 1. The minimum atomic E-state index is -0.341. The number of nitrogens with one attached hydrogen (secondary N) is 1. The number of anilines is 1. The van der Waals surface area contributed by atoms with E-state index in [1.165, 1.54) is 0 Å². The summed E-state index contributed by atoms with van der Waals surface area (Å²) < 4.78 is 5.35. The van der Waals surface area contributed by atoms with Crippen molar-refractivity contribution < 1.29 is 9.66 Å². The summed E-state index contributed by atoms with van der Waals surface area (Å²) in [6.45, 7) is 2.70. The summed E-state index contributed by atoms with van der Waals surface area (Å²) in [6, 6.07) is 5.38. The largest absolute Gasteiger partial charge is 0.383 e. The van der Waals surface area contributed by atoms with E-state index in [4.69, 9.17) is 4.74 Å². The first-order valence-electron chi connectivity index (χ1n) is 6.84. The van der Waals surface area contributed by atoms with Gasteiger partial charge in [-0.3, -0.25) is 15.0 Å². The molecule has 1 aliphatic heterocycles. The Hall–Kier alpha value is -1.66. The molecule has 1 fully saturated rings. The molecule has 110 valence electrons. The third-order valence-electron chi connectivity index (χ3n) is 3.80. The molecule has 0 amide bonds. The van der Waals surface area contributed by atoms with Gasteiger partial charge >= 0.3 is 0 Å². The van der Waals surface area contributed by atoms with Crippen LogP contribution < -0.4 is 5.32 Å². The van der Waals surface area contributed by atoms with Crippen LogP contribution >= 0.6 is 0 Å². The lowest BCUT2D eigenvalue weighted by molar-refractivity contribution is -0.384. The van der Waals surface area contributed by atoms with E-state index >= 15 is 0 Å². The zero-order valence-electron chi connectivity index (χ0n) is 12.0. The van der Waals surface area contributed by atoms with Gasteiger partial charge in [-0.05, 0) is 24.5 Å². The van der Waals surface area contributed by atoms with E-state index in [-0.39, 0.29) is 10.6 Å². The molecule has 6 nitrogen and oxygen atoms in total. The predicted octanol–water partition coefficient (Wildman–Crippen LogP) is 2.25. The Morgan fingerprint density at radius 1 is 1.45 bits per heavy atom. The van der Waals surface area contributed by atoms with E-state index in [9.17, 15) is 10.1 Å². The quantitative estimate of drug-likeness (QED) is 0.661. The summed E-state index contributed by atoms with van der Waals surface area (Å²) in [6.07, 6.45) is 2.40. The summed E-state index contributed by atoms with van der Waals surface area (Å²) in [5.41, 5.74) is 1.67. The fourth-order valence-electron chi connectivity index (χ4n) is 2.60. The highest BCUT2D eigenvalue weighted by Crippen LogP contribution is 2.26. The van der Waals surface area contributed by atoms with E-state index in [1.807, 2.05) is 6.07 Å². The summed E-state index contributed by atoms with van der Waals surface area (Å²) in [4.78, 5) is 13.0. The van der Waals surface area contributed by atoms with Crippen molar-refractivity contribution in [2.75, 3.05) is 32.6 Å². The Kier molecular flexibility index (Phi) is 4.92. The van der Waals surface area contributed by atoms with E-state index < -0.39 is 0 Å². The minimum Gasteiger partial charge on any atom is -0.383 e. The fourth-order valence-corrected chi connectivity index (χ4v) is 2.60. The standard InChI is InChI=1S/C14H21N3O3/c1-15-13-4-3-11(9-14(13)17(18)19)10-16-7-5-12(20-2)6-8-16/h3-4,9,12,15H,5-8,10H2,1-2H3. The number of methoxy groups -OCH3 is 1. The average molecular weight is 279 g/mol. The van der Waals surface area contributed by atoms with E-state index in [0.29, 0.717) is 11.8 Å². The molecule has 1 aromatic rings. The van der Waals surface area contributed by atoms with E-state index in [0.717, 1.165) is 38.0 Å². The Morgan fingerprint density at radius 3 is 2.70 bits per heavy atom.